The van der Waals surface area contributed by atoms with Crippen molar-refractivity contribution in [2.45, 2.75) is 5.16 Å². The summed E-state index contributed by atoms with van der Waals surface area (Å²) in [5, 5.41) is 16.5. The van der Waals surface area contributed by atoms with E-state index in [9.17, 15) is 4.79 Å². The van der Waals surface area contributed by atoms with E-state index in [0.29, 0.717) is 20.7 Å². The van der Waals surface area contributed by atoms with Gasteiger partial charge in [-0.15, -0.1) is 16.4 Å². The quantitative estimate of drug-likeness (QED) is 0.509. The van der Waals surface area contributed by atoms with Crippen molar-refractivity contribution < 1.29 is 4.79 Å². The number of hydrogen-bond donors (Lipinski definition) is 1. The number of amides is 1. The first-order valence-corrected chi connectivity index (χ1v) is 10.0. The van der Waals surface area contributed by atoms with E-state index >= 15 is 0 Å². The van der Waals surface area contributed by atoms with E-state index < -0.39 is 0 Å². The Bertz CT molecular complexity index is 1110. The molecule has 2 heterocycles. The third kappa shape index (κ3) is 3.07. The van der Waals surface area contributed by atoms with Crippen LogP contribution >= 0.6 is 34.7 Å². The SMILES string of the molecule is CSc1nnnn1-c1cccc(NC(=O)c2sc3ccccc3c2Cl)c1. The zero-order chi connectivity index (χ0) is 18.1. The Morgan fingerprint density at radius 2 is 2.08 bits per heavy atom. The smallest absolute Gasteiger partial charge is 0.267 e. The summed E-state index contributed by atoms with van der Waals surface area (Å²) in [7, 11) is 0. The lowest BCUT2D eigenvalue weighted by Crippen LogP contribution is -2.11. The predicted molar refractivity (Wildman–Crippen MR) is 106 cm³/mol. The maximum absolute atomic E-state index is 12.7. The van der Waals surface area contributed by atoms with Gasteiger partial charge in [-0.3, -0.25) is 4.79 Å². The summed E-state index contributed by atoms with van der Waals surface area (Å²) in [6.45, 7) is 0. The molecule has 130 valence electrons. The molecule has 2 aromatic carbocycles. The lowest BCUT2D eigenvalue weighted by molar-refractivity contribution is 0.103. The van der Waals surface area contributed by atoms with Crippen molar-refractivity contribution in [2.75, 3.05) is 11.6 Å². The number of nitrogens with one attached hydrogen (secondary N) is 1. The molecule has 9 heteroatoms. The standard InChI is InChI=1S/C17H12ClN5OS2/c1-25-17-20-21-22-23(17)11-6-4-5-10(9-11)19-16(24)15-14(18)12-7-2-3-8-13(12)26-15/h2-9H,1H3,(H,19,24). The van der Waals surface area contributed by atoms with Crippen molar-refractivity contribution in [1.82, 2.24) is 20.2 Å². The van der Waals surface area contributed by atoms with Crippen LogP contribution in [0.4, 0.5) is 5.69 Å². The summed E-state index contributed by atoms with van der Waals surface area (Å²) in [6.07, 6.45) is 1.90. The zero-order valence-corrected chi connectivity index (χ0v) is 15.9. The Balaban J connectivity index is 1.64. The molecule has 0 bridgehead atoms. The molecule has 0 spiro atoms. The number of nitrogens with zero attached hydrogens (tertiary/aromatic N) is 4. The van der Waals surface area contributed by atoms with Crippen LogP contribution in [0.15, 0.2) is 53.7 Å². The number of tetrazole rings is 1. The van der Waals surface area contributed by atoms with Crippen LogP contribution < -0.4 is 5.32 Å². The first-order chi connectivity index (χ1) is 12.7. The van der Waals surface area contributed by atoms with Crippen molar-refractivity contribution in [3.8, 4) is 5.69 Å². The molecule has 1 amide bonds. The number of halogens is 1. The van der Waals surface area contributed by atoms with Gasteiger partial charge in [0.2, 0.25) is 5.16 Å². The molecule has 0 unspecified atom stereocenters. The number of thiophene rings is 1. The van der Waals surface area contributed by atoms with Gasteiger partial charge < -0.3 is 5.32 Å². The van der Waals surface area contributed by atoms with Crippen LogP contribution in [0.5, 0.6) is 0 Å². The Hall–Kier alpha value is -2.42. The van der Waals surface area contributed by atoms with E-state index in [1.165, 1.54) is 23.1 Å². The summed E-state index contributed by atoms with van der Waals surface area (Å²) in [5.41, 5.74) is 1.41. The number of aromatic nitrogens is 4. The van der Waals surface area contributed by atoms with Gasteiger partial charge in [0.05, 0.1) is 10.7 Å². The van der Waals surface area contributed by atoms with E-state index in [2.05, 4.69) is 20.8 Å². The van der Waals surface area contributed by atoms with Gasteiger partial charge in [-0.05, 0) is 40.9 Å². The van der Waals surface area contributed by atoms with Crippen LogP contribution in [0.2, 0.25) is 5.02 Å². The highest BCUT2D eigenvalue weighted by Crippen LogP contribution is 2.35. The van der Waals surface area contributed by atoms with Gasteiger partial charge in [0.15, 0.2) is 0 Å². The molecular formula is C17H12ClN5OS2. The molecule has 26 heavy (non-hydrogen) atoms. The lowest BCUT2D eigenvalue weighted by Gasteiger charge is -2.07. The normalized spacial score (nSPS) is 11.0. The highest BCUT2D eigenvalue weighted by Gasteiger charge is 2.17. The molecule has 0 atom stereocenters. The summed E-state index contributed by atoms with van der Waals surface area (Å²) < 4.78 is 2.60. The molecule has 0 fully saturated rings. The number of hydrogen-bond acceptors (Lipinski definition) is 6. The Kier molecular flexibility index (Phi) is 4.62. The molecular weight excluding hydrogens is 390 g/mol. The van der Waals surface area contributed by atoms with Crippen molar-refractivity contribution in [1.29, 1.82) is 0 Å². The minimum atomic E-state index is -0.241. The monoisotopic (exact) mass is 401 g/mol. The minimum Gasteiger partial charge on any atom is -0.321 e. The van der Waals surface area contributed by atoms with Gasteiger partial charge in [0.25, 0.3) is 5.91 Å². The van der Waals surface area contributed by atoms with Crippen molar-refractivity contribution in [3.05, 3.63) is 58.4 Å². The van der Waals surface area contributed by atoms with Crippen LogP contribution in [-0.2, 0) is 0 Å². The van der Waals surface area contributed by atoms with Gasteiger partial charge in [-0.1, -0.05) is 47.6 Å². The van der Waals surface area contributed by atoms with E-state index in [0.717, 1.165) is 15.8 Å². The largest absolute Gasteiger partial charge is 0.321 e. The number of anilines is 1. The average molecular weight is 402 g/mol. The second-order valence-corrected chi connectivity index (χ2v) is 7.53. The first kappa shape index (κ1) is 17.0. The number of carbonyl (C=O) groups is 1. The third-order valence-electron chi connectivity index (χ3n) is 3.71. The van der Waals surface area contributed by atoms with Crippen LogP contribution in [-0.4, -0.2) is 32.4 Å². The van der Waals surface area contributed by atoms with Gasteiger partial charge in [0, 0.05) is 15.8 Å². The van der Waals surface area contributed by atoms with Gasteiger partial charge >= 0.3 is 0 Å². The first-order valence-electron chi connectivity index (χ1n) is 7.58. The van der Waals surface area contributed by atoms with Crippen LogP contribution in [0.25, 0.3) is 15.8 Å². The molecule has 2 aromatic heterocycles. The Morgan fingerprint density at radius 3 is 2.88 bits per heavy atom. The number of thioether (sulfide) groups is 1. The zero-order valence-electron chi connectivity index (χ0n) is 13.5. The maximum atomic E-state index is 12.7. The van der Waals surface area contributed by atoms with Crippen molar-refractivity contribution >= 4 is 56.4 Å². The highest BCUT2D eigenvalue weighted by molar-refractivity contribution is 7.98. The van der Waals surface area contributed by atoms with Crippen LogP contribution in [0.3, 0.4) is 0 Å². The van der Waals surface area contributed by atoms with Gasteiger partial charge in [-0.2, -0.15) is 4.68 Å². The Morgan fingerprint density at radius 1 is 1.23 bits per heavy atom. The predicted octanol–water partition coefficient (Wildman–Crippen LogP) is 4.50. The molecule has 0 aliphatic heterocycles. The number of fused-ring (bicyclic) bond motifs is 1. The number of carbonyl (C=O) groups excluding carboxylic acids is 1. The maximum Gasteiger partial charge on any atom is 0.267 e. The second-order valence-electron chi connectivity index (χ2n) is 5.32. The molecule has 0 radical (unpaired) electrons. The molecule has 6 nitrogen and oxygen atoms in total. The van der Waals surface area contributed by atoms with Crippen molar-refractivity contribution in [3.63, 3.8) is 0 Å². The summed E-state index contributed by atoms with van der Waals surface area (Å²) in [6, 6.07) is 15.0. The van der Waals surface area contributed by atoms with E-state index in [1.54, 1.807) is 4.68 Å². The second kappa shape index (κ2) is 7.06. The third-order valence-corrected chi connectivity index (χ3v) is 6.01. The molecule has 4 aromatic rings. The summed E-state index contributed by atoms with van der Waals surface area (Å²) >= 11 is 9.20. The average Bonchev–Trinajstić information content (AvgIpc) is 3.27. The molecule has 0 aliphatic rings. The lowest BCUT2D eigenvalue weighted by atomic mass is 10.2. The molecule has 0 saturated heterocycles. The van der Waals surface area contributed by atoms with E-state index in [4.69, 9.17) is 11.6 Å². The number of benzene rings is 2. The van der Waals surface area contributed by atoms with E-state index in [1.807, 2.05) is 54.8 Å². The highest BCUT2D eigenvalue weighted by atomic mass is 35.5. The minimum absolute atomic E-state index is 0.241. The fourth-order valence-electron chi connectivity index (χ4n) is 2.53. The van der Waals surface area contributed by atoms with Gasteiger partial charge in [-0.25, -0.2) is 0 Å². The fourth-order valence-corrected chi connectivity index (χ4v) is 4.38. The van der Waals surface area contributed by atoms with Crippen LogP contribution in [0, 0.1) is 0 Å². The van der Waals surface area contributed by atoms with E-state index in [-0.39, 0.29) is 5.91 Å². The van der Waals surface area contributed by atoms with Crippen molar-refractivity contribution in [2.24, 2.45) is 0 Å². The molecule has 4 rings (SSSR count). The topological polar surface area (TPSA) is 72.7 Å². The Labute approximate surface area is 162 Å². The molecule has 0 aliphatic carbocycles. The summed E-state index contributed by atoms with van der Waals surface area (Å²) in [4.78, 5) is 13.2. The number of rotatable bonds is 4. The summed E-state index contributed by atoms with van der Waals surface area (Å²) in [5.74, 6) is -0.241. The molecule has 1 N–H and O–H groups in total. The fraction of sp³-hybridized carbons (Fsp3) is 0.0588. The van der Waals surface area contributed by atoms with Crippen LogP contribution in [0.1, 0.15) is 9.67 Å². The van der Waals surface area contributed by atoms with Gasteiger partial charge in [0.1, 0.15) is 4.88 Å². The molecule has 0 saturated carbocycles.